The summed E-state index contributed by atoms with van der Waals surface area (Å²) in [7, 11) is 0. The van der Waals surface area contributed by atoms with Crippen molar-refractivity contribution in [2.24, 2.45) is 5.73 Å². The second kappa shape index (κ2) is 5.84. The molecule has 18 heavy (non-hydrogen) atoms. The van der Waals surface area contributed by atoms with Crippen LogP contribution in [0.5, 0.6) is 0 Å². The summed E-state index contributed by atoms with van der Waals surface area (Å²) in [5.41, 5.74) is 6.18. The number of hydrogen-bond donors (Lipinski definition) is 2. The van der Waals surface area contributed by atoms with Gasteiger partial charge in [0, 0.05) is 17.5 Å². The molecule has 1 saturated carbocycles. The van der Waals surface area contributed by atoms with E-state index >= 15 is 0 Å². The highest BCUT2D eigenvalue weighted by molar-refractivity contribution is 8.00. The van der Waals surface area contributed by atoms with Gasteiger partial charge in [0.05, 0.1) is 0 Å². The molecule has 4 nitrogen and oxygen atoms in total. The van der Waals surface area contributed by atoms with E-state index in [1.54, 1.807) is 12.3 Å². The monoisotopic (exact) mass is 282 g/mol. The summed E-state index contributed by atoms with van der Waals surface area (Å²) < 4.78 is 0.336. The molecule has 1 fully saturated rings. The van der Waals surface area contributed by atoms with E-state index in [-0.39, 0.29) is 0 Å². The average molecular weight is 282 g/mol. The molecule has 98 valence electrons. The zero-order valence-corrected chi connectivity index (χ0v) is 12.1. The predicted molar refractivity (Wildman–Crippen MR) is 81.1 cm³/mol. The molecule has 0 amide bonds. The first-order valence-corrected chi connectivity index (χ1v) is 7.70. The fourth-order valence-corrected chi connectivity index (χ4v) is 3.32. The number of aromatic nitrogens is 2. The van der Waals surface area contributed by atoms with Crippen LogP contribution in [0.25, 0.3) is 0 Å². The maximum absolute atomic E-state index is 5.56. The summed E-state index contributed by atoms with van der Waals surface area (Å²) in [5.74, 6) is 0.612. The molecule has 1 aliphatic rings. The number of nitrogens with zero attached hydrogens (tertiary/aromatic N) is 2. The third-order valence-electron chi connectivity index (χ3n) is 3.42. The summed E-state index contributed by atoms with van der Waals surface area (Å²) in [4.78, 5) is 8.81. The summed E-state index contributed by atoms with van der Waals surface area (Å²) in [6.45, 7) is 0.898. The van der Waals surface area contributed by atoms with E-state index in [1.807, 2.05) is 11.8 Å². The van der Waals surface area contributed by atoms with Crippen LogP contribution in [0.1, 0.15) is 31.4 Å². The Hall–Kier alpha value is -0.880. The lowest BCUT2D eigenvalue weighted by Crippen LogP contribution is -2.30. The second-order valence-electron chi connectivity index (χ2n) is 4.58. The van der Waals surface area contributed by atoms with Gasteiger partial charge in [0.2, 0.25) is 5.95 Å². The van der Waals surface area contributed by atoms with Gasteiger partial charge in [-0.25, -0.2) is 9.97 Å². The smallest absolute Gasteiger partial charge is 0.223 e. The van der Waals surface area contributed by atoms with Crippen LogP contribution in [-0.2, 0) is 0 Å². The van der Waals surface area contributed by atoms with Gasteiger partial charge in [-0.05, 0) is 25.2 Å². The van der Waals surface area contributed by atoms with E-state index in [9.17, 15) is 0 Å². The molecule has 0 atom stereocenters. The second-order valence-corrected chi connectivity index (χ2v) is 6.29. The number of nitrogens with one attached hydrogen (secondary N) is 1. The van der Waals surface area contributed by atoms with Gasteiger partial charge in [0.15, 0.2) is 0 Å². The molecule has 0 saturated heterocycles. The van der Waals surface area contributed by atoms with Crippen molar-refractivity contribution in [1.29, 1.82) is 0 Å². The van der Waals surface area contributed by atoms with Crippen LogP contribution in [0, 0.1) is 0 Å². The largest absolute Gasteiger partial charge is 0.388 e. The Balaban J connectivity index is 2.01. The van der Waals surface area contributed by atoms with Crippen molar-refractivity contribution in [2.75, 3.05) is 18.1 Å². The van der Waals surface area contributed by atoms with Crippen LogP contribution in [0.4, 0.5) is 5.95 Å². The Morgan fingerprint density at radius 2 is 2.28 bits per heavy atom. The molecule has 1 aliphatic carbocycles. The molecular formula is C12H18N4S2. The van der Waals surface area contributed by atoms with Gasteiger partial charge in [-0.2, -0.15) is 11.8 Å². The minimum absolute atomic E-state index is 0.306. The number of thiocarbonyl (C=S) groups is 1. The quantitative estimate of drug-likeness (QED) is 0.807. The van der Waals surface area contributed by atoms with E-state index in [4.69, 9.17) is 18.0 Å². The average Bonchev–Trinajstić information content (AvgIpc) is 2.86. The van der Waals surface area contributed by atoms with Crippen molar-refractivity contribution in [3.8, 4) is 0 Å². The van der Waals surface area contributed by atoms with E-state index in [2.05, 4.69) is 21.5 Å². The Morgan fingerprint density at radius 3 is 2.89 bits per heavy atom. The van der Waals surface area contributed by atoms with E-state index in [0.717, 1.165) is 6.54 Å². The highest BCUT2D eigenvalue weighted by atomic mass is 32.2. The fourth-order valence-electron chi connectivity index (χ4n) is 2.29. The highest BCUT2D eigenvalue weighted by Gasteiger charge is 2.32. The SMILES string of the molecule is CSC1(CNc2nccc(C(N)=S)n2)CCCC1. The minimum Gasteiger partial charge on any atom is -0.388 e. The molecule has 0 radical (unpaired) electrons. The Kier molecular flexibility index (Phi) is 4.40. The molecule has 0 spiro atoms. The highest BCUT2D eigenvalue weighted by Crippen LogP contribution is 2.40. The van der Waals surface area contributed by atoms with Crippen molar-refractivity contribution in [3.63, 3.8) is 0 Å². The van der Waals surface area contributed by atoms with Crippen molar-refractivity contribution in [1.82, 2.24) is 9.97 Å². The first kappa shape index (κ1) is 13.5. The zero-order valence-electron chi connectivity index (χ0n) is 10.5. The molecular weight excluding hydrogens is 264 g/mol. The van der Waals surface area contributed by atoms with Crippen LogP contribution in [0.3, 0.4) is 0 Å². The predicted octanol–water partition coefficient (Wildman–Crippen LogP) is 2.20. The lowest BCUT2D eigenvalue weighted by Gasteiger charge is -2.26. The molecule has 1 heterocycles. The number of thioether (sulfide) groups is 1. The summed E-state index contributed by atoms with van der Waals surface area (Å²) in [5, 5.41) is 3.32. The Bertz CT molecular complexity index is 430. The van der Waals surface area contributed by atoms with Gasteiger partial charge < -0.3 is 11.1 Å². The minimum atomic E-state index is 0.306. The van der Waals surface area contributed by atoms with Crippen molar-refractivity contribution < 1.29 is 0 Å². The molecule has 0 unspecified atom stereocenters. The van der Waals surface area contributed by atoms with Gasteiger partial charge >= 0.3 is 0 Å². The van der Waals surface area contributed by atoms with E-state index in [0.29, 0.717) is 21.4 Å². The van der Waals surface area contributed by atoms with Gasteiger partial charge in [0.25, 0.3) is 0 Å². The van der Waals surface area contributed by atoms with Crippen LogP contribution < -0.4 is 11.1 Å². The molecule has 2 rings (SSSR count). The topological polar surface area (TPSA) is 63.8 Å². The molecule has 1 aromatic rings. The fraction of sp³-hybridized carbons (Fsp3) is 0.583. The van der Waals surface area contributed by atoms with Crippen LogP contribution in [-0.4, -0.2) is 32.5 Å². The van der Waals surface area contributed by atoms with Crippen molar-refractivity contribution in [3.05, 3.63) is 18.0 Å². The first-order chi connectivity index (χ1) is 8.65. The Morgan fingerprint density at radius 1 is 1.56 bits per heavy atom. The first-order valence-electron chi connectivity index (χ1n) is 6.07. The lowest BCUT2D eigenvalue weighted by molar-refractivity contribution is 0.637. The summed E-state index contributed by atoms with van der Waals surface area (Å²) >= 11 is 6.85. The van der Waals surface area contributed by atoms with Crippen LogP contribution in [0.15, 0.2) is 12.3 Å². The molecule has 3 N–H and O–H groups in total. The maximum Gasteiger partial charge on any atom is 0.223 e. The number of anilines is 1. The number of nitrogens with two attached hydrogens (primary N) is 1. The maximum atomic E-state index is 5.56. The normalized spacial score (nSPS) is 17.6. The molecule has 0 bridgehead atoms. The summed E-state index contributed by atoms with van der Waals surface area (Å²) in [6.07, 6.45) is 9.02. The number of rotatable bonds is 5. The van der Waals surface area contributed by atoms with Gasteiger partial charge in [-0.1, -0.05) is 25.1 Å². The zero-order chi connectivity index (χ0) is 13.0. The van der Waals surface area contributed by atoms with E-state index < -0.39 is 0 Å². The van der Waals surface area contributed by atoms with Gasteiger partial charge in [0.1, 0.15) is 10.7 Å². The van der Waals surface area contributed by atoms with Gasteiger partial charge in [-0.15, -0.1) is 0 Å². The van der Waals surface area contributed by atoms with Crippen LogP contribution in [0.2, 0.25) is 0 Å². The van der Waals surface area contributed by atoms with E-state index in [1.165, 1.54) is 25.7 Å². The third kappa shape index (κ3) is 3.11. The third-order valence-corrected chi connectivity index (χ3v) is 5.05. The van der Waals surface area contributed by atoms with Crippen molar-refractivity contribution in [2.45, 2.75) is 30.4 Å². The van der Waals surface area contributed by atoms with Gasteiger partial charge in [-0.3, -0.25) is 0 Å². The summed E-state index contributed by atoms with van der Waals surface area (Å²) in [6, 6.07) is 1.73. The number of hydrogen-bond acceptors (Lipinski definition) is 5. The molecule has 0 aliphatic heterocycles. The standard InChI is InChI=1S/C12H18N4S2/c1-18-12(5-2-3-6-12)8-15-11-14-7-4-9(16-11)10(13)17/h4,7H,2-3,5-6,8H2,1H3,(H2,13,17)(H,14,15,16). The van der Waals surface area contributed by atoms with Crippen molar-refractivity contribution >= 4 is 34.9 Å². The Labute approximate surface area is 117 Å². The molecule has 1 aromatic heterocycles. The molecule has 6 heteroatoms. The molecule has 0 aromatic carbocycles. The van der Waals surface area contributed by atoms with Crippen LogP contribution >= 0.6 is 24.0 Å². The lowest BCUT2D eigenvalue weighted by atomic mass is 10.1.